The van der Waals surface area contributed by atoms with Crippen LogP contribution >= 0.6 is 0 Å². The van der Waals surface area contributed by atoms with Gasteiger partial charge in [0.1, 0.15) is 11.8 Å². The molecule has 4 unspecified atom stereocenters. The molecular formula is C16H24N2O5. The lowest BCUT2D eigenvalue weighted by atomic mass is 9.71. The third kappa shape index (κ3) is 3.55. The first kappa shape index (κ1) is 16.4. The first-order chi connectivity index (χ1) is 10.9. The van der Waals surface area contributed by atoms with Crippen molar-refractivity contribution in [2.75, 3.05) is 19.6 Å². The summed E-state index contributed by atoms with van der Waals surface area (Å²) >= 11 is 0. The average Bonchev–Trinajstić information content (AvgIpc) is 2.53. The van der Waals surface area contributed by atoms with Gasteiger partial charge in [-0.3, -0.25) is 19.3 Å². The number of hydrogen-bond acceptors (Lipinski definition) is 5. The van der Waals surface area contributed by atoms with E-state index in [1.165, 1.54) is 0 Å². The van der Waals surface area contributed by atoms with Crippen LogP contribution in [0, 0.1) is 17.8 Å². The van der Waals surface area contributed by atoms with Gasteiger partial charge in [-0.1, -0.05) is 0 Å². The first-order valence-corrected chi connectivity index (χ1v) is 8.38. The molecule has 0 radical (unpaired) electrons. The monoisotopic (exact) mass is 324 g/mol. The fourth-order valence-corrected chi connectivity index (χ4v) is 4.48. The van der Waals surface area contributed by atoms with Crippen molar-refractivity contribution in [1.29, 1.82) is 0 Å². The smallest absolute Gasteiger partial charge is 0.320 e. The summed E-state index contributed by atoms with van der Waals surface area (Å²) in [6.07, 6.45) is 3.60. The molecular weight excluding hydrogens is 300 g/mol. The zero-order valence-electron chi connectivity index (χ0n) is 13.1. The Morgan fingerprint density at radius 3 is 2.57 bits per heavy atom. The van der Waals surface area contributed by atoms with E-state index >= 15 is 0 Å². The second-order valence-electron chi connectivity index (χ2n) is 7.23. The SMILES string of the molecule is O=C1C[C@H](C(=O)O)CN(C2CCC3CNC(C(=O)O)CC3C2)C1. The minimum atomic E-state index is -0.899. The Bertz CT molecular complexity index is 509. The van der Waals surface area contributed by atoms with Crippen LogP contribution in [-0.2, 0) is 14.4 Å². The van der Waals surface area contributed by atoms with Gasteiger partial charge in [-0.15, -0.1) is 0 Å². The zero-order chi connectivity index (χ0) is 16.6. The fourth-order valence-electron chi connectivity index (χ4n) is 4.48. The van der Waals surface area contributed by atoms with Crippen LogP contribution in [0.4, 0.5) is 0 Å². The maximum Gasteiger partial charge on any atom is 0.320 e. The highest BCUT2D eigenvalue weighted by molar-refractivity contribution is 5.86. The molecule has 1 aliphatic carbocycles. The summed E-state index contributed by atoms with van der Waals surface area (Å²) in [5.41, 5.74) is 0. The van der Waals surface area contributed by atoms with Crippen molar-refractivity contribution < 1.29 is 24.6 Å². The van der Waals surface area contributed by atoms with Crippen LogP contribution < -0.4 is 5.32 Å². The van der Waals surface area contributed by atoms with Crippen molar-refractivity contribution in [3.05, 3.63) is 0 Å². The Kier molecular flexibility index (Phi) is 4.68. The van der Waals surface area contributed by atoms with Gasteiger partial charge in [0.15, 0.2) is 0 Å². The third-order valence-electron chi connectivity index (χ3n) is 5.75. The number of aliphatic carboxylic acids is 2. The second kappa shape index (κ2) is 6.57. The number of fused-ring (bicyclic) bond motifs is 1. The maximum absolute atomic E-state index is 11.9. The number of carbonyl (C=O) groups is 3. The number of nitrogens with one attached hydrogen (secondary N) is 1. The Balaban J connectivity index is 1.64. The Morgan fingerprint density at radius 2 is 1.87 bits per heavy atom. The number of ketones is 1. The molecule has 7 heteroatoms. The van der Waals surface area contributed by atoms with E-state index < -0.39 is 23.9 Å². The molecule has 3 N–H and O–H groups in total. The van der Waals surface area contributed by atoms with Gasteiger partial charge in [0.25, 0.3) is 0 Å². The van der Waals surface area contributed by atoms with Crippen molar-refractivity contribution in [2.24, 2.45) is 17.8 Å². The van der Waals surface area contributed by atoms with E-state index in [2.05, 4.69) is 5.32 Å². The predicted octanol–water partition coefficient (Wildman–Crippen LogP) is 0.193. The Hall–Kier alpha value is -1.47. The van der Waals surface area contributed by atoms with Crippen LogP contribution in [0.5, 0.6) is 0 Å². The highest BCUT2D eigenvalue weighted by Crippen LogP contribution is 2.38. The van der Waals surface area contributed by atoms with Crippen molar-refractivity contribution in [3.8, 4) is 0 Å². The van der Waals surface area contributed by atoms with Crippen molar-refractivity contribution in [3.63, 3.8) is 0 Å². The number of likely N-dealkylation sites (tertiary alicyclic amines) is 1. The molecule has 0 bridgehead atoms. The van der Waals surface area contributed by atoms with Gasteiger partial charge in [-0.05, 0) is 44.1 Å². The summed E-state index contributed by atoms with van der Waals surface area (Å²) in [6, 6.07) is -0.278. The fraction of sp³-hybridized carbons (Fsp3) is 0.812. The van der Waals surface area contributed by atoms with Crippen LogP contribution in [-0.4, -0.2) is 64.6 Å². The molecule has 2 heterocycles. The van der Waals surface area contributed by atoms with Crippen LogP contribution in [0.2, 0.25) is 0 Å². The standard InChI is InChI=1S/C16H24N2O5/c19-13-4-11(15(20)21)7-18(8-13)12-2-1-9-6-17-14(16(22)23)5-10(9)3-12/h9-12,14,17H,1-8H2,(H,20,21)(H,22,23)/t9?,10?,11-,12?,14?/m0/s1. The minimum Gasteiger partial charge on any atom is -0.481 e. The molecule has 5 atom stereocenters. The molecule has 1 saturated carbocycles. The molecule has 0 aromatic rings. The second-order valence-corrected chi connectivity index (χ2v) is 7.23. The minimum absolute atomic E-state index is 0.000466. The normalized spacial score (nSPS) is 38.8. The Morgan fingerprint density at radius 1 is 1.09 bits per heavy atom. The molecule has 3 aliphatic rings. The maximum atomic E-state index is 11.9. The number of Topliss-reactive ketones (excluding diaryl/α,β-unsaturated/α-hetero) is 1. The van der Waals surface area contributed by atoms with Crippen LogP contribution in [0.3, 0.4) is 0 Å². The molecule has 3 rings (SSSR count). The van der Waals surface area contributed by atoms with E-state index in [9.17, 15) is 24.6 Å². The number of carboxylic acids is 2. The average molecular weight is 324 g/mol. The molecule has 0 aromatic carbocycles. The lowest BCUT2D eigenvalue weighted by Crippen LogP contribution is -2.54. The highest BCUT2D eigenvalue weighted by Gasteiger charge is 2.41. The van der Waals surface area contributed by atoms with Gasteiger partial charge < -0.3 is 15.5 Å². The number of nitrogens with zero attached hydrogens (tertiary/aromatic N) is 1. The van der Waals surface area contributed by atoms with Crippen LogP contribution in [0.25, 0.3) is 0 Å². The number of rotatable bonds is 3. The summed E-state index contributed by atoms with van der Waals surface area (Å²) in [7, 11) is 0. The molecule has 3 fully saturated rings. The van der Waals surface area contributed by atoms with E-state index in [-0.39, 0.29) is 18.2 Å². The lowest BCUT2D eigenvalue weighted by Gasteiger charge is -2.46. The predicted molar refractivity (Wildman–Crippen MR) is 81.0 cm³/mol. The number of carboxylic acid groups (broad SMARTS) is 2. The number of hydrogen-bond donors (Lipinski definition) is 3. The summed E-state index contributed by atoms with van der Waals surface area (Å²) < 4.78 is 0. The molecule has 2 aliphatic heterocycles. The van der Waals surface area contributed by atoms with Crippen LogP contribution in [0.15, 0.2) is 0 Å². The van der Waals surface area contributed by atoms with E-state index in [0.717, 1.165) is 25.8 Å². The molecule has 7 nitrogen and oxygen atoms in total. The van der Waals surface area contributed by atoms with Gasteiger partial charge in [-0.25, -0.2) is 0 Å². The molecule has 0 spiro atoms. The molecule has 0 aromatic heterocycles. The van der Waals surface area contributed by atoms with E-state index in [4.69, 9.17) is 0 Å². The van der Waals surface area contributed by atoms with E-state index in [1.807, 2.05) is 4.90 Å². The van der Waals surface area contributed by atoms with Gasteiger partial charge in [-0.2, -0.15) is 0 Å². The van der Waals surface area contributed by atoms with Gasteiger partial charge in [0, 0.05) is 19.0 Å². The summed E-state index contributed by atoms with van der Waals surface area (Å²) in [5.74, 6) is -1.46. The van der Waals surface area contributed by atoms with E-state index in [1.54, 1.807) is 0 Å². The molecule has 128 valence electrons. The molecule has 2 saturated heterocycles. The van der Waals surface area contributed by atoms with Gasteiger partial charge >= 0.3 is 11.9 Å². The molecule has 23 heavy (non-hydrogen) atoms. The Labute approximate surface area is 135 Å². The summed E-state index contributed by atoms with van der Waals surface area (Å²) in [6.45, 7) is 1.52. The van der Waals surface area contributed by atoms with Crippen molar-refractivity contribution >= 4 is 17.7 Å². The first-order valence-electron chi connectivity index (χ1n) is 8.38. The largest absolute Gasteiger partial charge is 0.481 e. The summed E-state index contributed by atoms with van der Waals surface area (Å²) in [5, 5.41) is 21.5. The van der Waals surface area contributed by atoms with E-state index in [0.29, 0.717) is 31.3 Å². The quantitative estimate of drug-likeness (QED) is 0.680. The van der Waals surface area contributed by atoms with Gasteiger partial charge in [0.05, 0.1) is 12.5 Å². The molecule has 0 amide bonds. The number of carbonyl (C=O) groups excluding carboxylic acids is 1. The van der Waals surface area contributed by atoms with Crippen LogP contribution in [0.1, 0.15) is 32.1 Å². The van der Waals surface area contributed by atoms with Crippen molar-refractivity contribution in [1.82, 2.24) is 10.2 Å². The zero-order valence-corrected chi connectivity index (χ0v) is 13.1. The highest BCUT2D eigenvalue weighted by atomic mass is 16.4. The lowest BCUT2D eigenvalue weighted by molar-refractivity contribution is -0.148. The van der Waals surface area contributed by atoms with Crippen molar-refractivity contribution in [2.45, 2.75) is 44.2 Å². The summed E-state index contributed by atoms with van der Waals surface area (Å²) in [4.78, 5) is 36.3. The number of piperidine rings is 2. The topological polar surface area (TPSA) is 107 Å². The van der Waals surface area contributed by atoms with Gasteiger partial charge in [0.2, 0.25) is 0 Å². The third-order valence-corrected chi connectivity index (χ3v) is 5.75.